The van der Waals surface area contributed by atoms with Crippen molar-refractivity contribution in [1.29, 1.82) is 0 Å². The molecule has 5 heteroatoms. The smallest absolute Gasteiger partial charge is 0.306 e. The summed E-state index contributed by atoms with van der Waals surface area (Å²) in [5.41, 5.74) is 0.932. The Hall–Kier alpha value is -1.81. The largest absolute Gasteiger partial charge is 0.428 e. The number of hydrogen-bond donors (Lipinski definition) is 0. The van der Waals surface area contributed by atoms with Crippen molar-refractivity contribution in [2.45, 2.75) is 6.92 Å². The molecule has 0 radical (unpaired) electrons. The predicted molar refractivity (Wildman–Crippen MR) is 60.9 cm³/mol. The number of hydrogen-bond acceptors (Lipinski definition) is 3. The molecular weight excluding hydrogens is 226 g/mol. The van der Waals surface area contributed by atoms with Crippen LogP contribution in [0.25, 0.3) is 16.9 Å². The van der Waals surface area contributed by atoms with Crippen LogP contribution in [0.3, 0.4) is 0 Å². The Kier molecular flexibility index (Phi) is 1.97. The van der Waals surface area contributed by atoms with Crippen molar-refractivity contribution in [3.8, 4) is 6.01 Å². The molecule has 3 heterocycles. The van der Waals surface area contributed by atoms with Crippen LogP contribution < -0.4 is 0 Å². The highest BCUT2D eigenvalue weighted by atomic mass is 35.5. The van der Waals surface area contributed by atoms with Crippen molar-refractivity contribution in [3.05, 3.63) is 41.6 Å². The van der Waals surface area contributed by atoms with Crippen molar-refractivity contribution in [2.24, 2.45) is 0 Å². The molecule has 0 amide bonds. The van der Waals surface area contributed by atoms with Gasteiger partial charge in [0.25, 0.3) is 0 Å². The van der Waals surface area contributed by atoms with Crippen molar-refractivity contribution in [1.82, 2.24) is 14.5 Å². The molecule has 0 atom stereocenters. The van der Waals surface area contributed by atoms with E-state index in [1.54, 1.807) is 12.4 Å². The molecule has 0 saturated carbocycles. The van der Waals surface area contributed by atoms with Crippen molar-refractivity contribution in [2.75, 3.05) is 0 Å². The zero-order chi connectivity index (χ0) is 11.1. The summed E-state index contributed by atoms with van der Waals surface area (Å²) in [4.78, 5) is 8.19. The van der Waals surface area contributed by atoms with Crippen LogP contribution in [-0.4, -0.2) is 14.5 Å². The van der Waals surface area contributed by atoms with Crippen LogP contribution in [0, 0.1) is 6.92 Å². The van der Waals surface area contributed by atoms with E-state index >= 15 is 0 Å². The third-order valence-corrected chi connectivity index (χ3v) is 2.68. The molecule has 0 spiro atoms. The minimum absolute atomic E-state index is 0.486. The quantitative estimate of drug-likeness (QED) is 0.607. The number of aryl methyl sites for hydroxylation is 1. The Morgan fingerprint density at radius 3 is 2.94 bits per heavy atom. The Morgan fingerprint density at radius 1 is 1.31 bits per heavy atom. The second-order valence-corrected chi connectivity index (χ2v) is 3.83. The van der Waals surface area contributed by atoms with E-state index in [0.29, 0.717) is 11.2 Å². The molecule has 0 bridgehead atoms. The zero-order valence-corrected chi connectivity index (χ0v) is 9.27. The number of aromatic nitrogens is 3. The average Bonchev–Trinajstić information content (AvgIpc) is 2.84. The fraction of sp³-hybridized carbons (Fsp3) is 0.0909. The Balaban J connectivity index is 2.29. The molecule has 3 aromatic rings. The van der Waals surface area contributed by atoms with Crippen molar-refractivity contribution >= 4 is 22.5 Å². The van der Waals surface area contributed by atoms with Gasteiger partial charge < -0.3 is 4.42 Å². The van der Waals surface area contributed by atoms with Crippen LogP contribution in [0.1, 0.15) is 5.76 Å². The van der Waals surface area contributed by atoms with Gasteiger partial charge >= 0.3 is 6.01 Å². The second-order valence-electron chi connectivity index (χ2n) is 3.47. The number of halogens is 1. The third-order valence-electron chi connectivity index (χ3n) is 2.38. The van der Waals surface area contributed by atoms with Crippen LogP contribution in [-0.2, 0) is 0 Å². The van der Waals surface area contributed by atoms with Gasteiger partial charge in [0.2, 0.25) is 0 Å². The van der Waals surface area contributed by atoms with Gasteiger partial charge in [-0.15, -0.1) is 0 Å². The number of rotatable bonds is 1. The van der Waals surface area contributed by atoms with E-state index in [2.05, 4.69) is 9.97 Å². The molecule has 0 aliphatic heterocycles. The molecular formula is C11H8ClN3O. The summed E-state index contributed by atoms with van der Waals surface area (Å²) >= 11 is 5.99. The summed E-state index contributed by atoms with van der Waals surface area (Å²) in [7, 11) is 0. The van der Waals surface area contributed by atoms with Crippen LogP contribution in [0.5, 0.6) is 0 Å². The monoisotopic (exact) mass is 233 g/mol. The Labute approximate surface area is 96.5 Å². The lowest BCUT2D eigenvalue weighted by molar-refractivity contribution is 0.505. The molecule has 0 unspecified atom stereocenters. The first-order chi connectivity index (χ1) is 7.75. The highest BCUT2D eigenvalue weighted by Crippen LogP contribution is 2.24. The van der Waals surface area contributed by atoms with Crippen molar-refractivity contribution in [3.63, 3.8) is 0 Å². The van der Waals surface area contributed by atoms with E-state index in [1.165, 1.54) is 0 Å². The maximum atomic E-state index is 5.99. The maximum absolute atomic E-state index is 5.99. The third kappa shape index (κ3) is 1.31. The number of oxazole rings is 1. The van der Waals surface area contributed by atoms with Crippen LogP contribution in [0.15, 0.2) is 35.1 Å². The molecule has 3 rings (SSSR count). The average molecular weight is 234 g/mol. The van der Waals surface area contributed by atoms with E-state index < -0.39 is 0 Å². The first-order valence-corrected chi connectivity index (χ1v) is 5.18. The minimum Gasteiger partial charge on any atom is -0.428 e. The highest BCUT2D eigenvalue weighted by molar-refractivity contribution is 6.34. The molecule has 0 aromatic carbocycles. The standard InChI is InChI=1S/C11H8ClN3O/c1-7-6-14-11(16-7)15-5-3-8-9(15)2-4-13-10(8)12/h2-6H,1H3. The van der Waals surface area contributed by atoms with Crippen LogP contribution in [0.2, 0.25) is 5.15 Å². The van der Waals surface area contributed by atoms with Crippen molar-refractivity contribution < 1.29 is 4.42 Å². The molecule has 80 valence electrons. The highest BCUT2D eigenvalue weighted by Gasteiger charge is 2.09. The van der Waals surface area contributed by atoms with Gasteiger partial charge in [-0.2, -0.15) is 0 Å². The van der Waals surface area contributed by atoms with E-state index in [-0.39, 0.29) is 0 Å². The van der Waals surface area contributed by atoms with E-state index in [0.717, 1.165) is 16.7 Å². The lowest BCUT2D eigenvalue weighted by atomic mass is 10.3. The van der Waals surface area contributed by atoms with Gasteiger partial charge in [0.05, 0.1) is 11.7 Å². The maximum Gasteiger partial charge on any atom is 0.306 e. The summed E-state index contributed by atoms with van der Waals surface area (Å²) in [6, 6.07) is 4.31. The minimum atomic E-state index is 0.486. The molecule has 0 saturated heterocycles. The number of nitrogens with zero attached hydrogens (tertiary/aromatic N) is 3. The van der Waals surface area contributed by atoms with Gasteiger partial charge in [-0.1, -0.05) is 11.6 Å². The Morgan fingerprint density at radius 2 is 2.19 bits per heavy atom. The lowest BCUT2D eigenvalue weighted by Crippen LogP contribution is -1.91. The summed E-state index contributed by atoms with van der Waals surface area (Å²) in [6.45, 7) is 1.86. The fourth-order valence-electron chi connectivity index (χ4n) is 1.65. The van der Waals surface area contributed by atoms with Gasteiger partial charge in [0, 0.05) is 17.8 Å². The fourth-order valence-corrected chi connectivity index (χ4v) is 1.87. The molecule has 0 fully saturated rings. The van der Waals surface area contributed by atoms with Gasteiger partial charge in [-0.3, -0.25) is 4.57 Å². The van der Waals surface area contributed by atoms with E-state index in [4.69, 9.17) is 16.0 Å². The molecule has 0 aliphatic carbocycles. The van der Waals surface area contributed by atoms with E-state index in [1.807, 2.05) is 29.8 Å². The summed E-state index contributed by atoms with van der Waals surface area (Å²) < 4.78 is 7.31. The van der Waals surface area contributed by atoms with Gasteiger partial charge in [-0.05, 0) is 19.1 Å². The zero-order valence-electron chi connectivity index (χ0n) is 8.51. The first-order valence-electron chi connectivity index (χ1n) is 4.80. The van der Waals surface area contributed by atoms with Crippen LogP contribution in [0.4, 0.5) is 0 Å². The molecule has 0 N–H and O–H groups in total. The first kappa shape index (κ1) is 9.42. The second kappa shape index (κ2) is 3.35. The summed E-state index contributed by atoms with van der Waals surface area (Å²) in [5.74, 6) is 0.775. The molecule has 3 aromatic heterocycles. The number of pyridine rings is 1. The molecule has 4 nitrogen and oxygen atoms in total. The predicted octanol–water partition coefficient (Wildman–Crippen LogP) is 2.98. The molecule has 0 aliphatic rings. The van der Waals surface area contributed by atoms with Gasteiger partial charge in [0.15, 0.2) is 0 Å². The topological polar surface area (TPSA) is 43.9 Å². The normalized spacial score (nSPS) is 11.1. The van der Waals surface area contributed by atoms with Gasteiger partial charge in [-0.25, -0.2) is 9.97 Å². The Bertz CT molecular complexity index is 656. The molecule has 16 heavy (non-hydrogen) atoms. The number of fused-ring (bicyclic) bond motifs is 1. The van der Waals surface area contributed by atoms with Crippen LogP contribution >= 0.6 is 11.6 Å². The lowest BCUT2D eigenvalue weighted by Gasteiger charge is -1.99. The summed E-state index contributed by atoms with van der Waals surface area (Å²) in [6.07, 6.45) is 5.21. The SMILES string of the molecule is Cc1cnc(-n2ccc3c(Cl)nccc32)o1. The van der Waals surface area contributed by atoms with Gasteiger partial charge in [0.1, 0.15) is 10.9 Å². The van der Waals surface area contributed by atoms with E-state index in [9.17, 15) is 0 Å². The summed E-state index contributed by atoms with van der Waals surface area (Å²) in [5, 5.41) is 1.37.